The van der Waals surface area contributed by atoms with Crippen LogP contribution in [-0.2, 0) is 6.42 Å². The molecular formula is C15H24N2O3. The van der Waals surface area contributed by atoms with Crippen LogP contribution in [0.2, 0.25) is 0 Å². The van der Waals surface area contributed by atoms with Gasteiger partial charge in [0.1, 0.15) is 5.69 Å². The number of nitrogens with one attached hydrogen (secondary N) is 2. The molecule has 0 bridgehead atoms. The summed E-state index contributed by atoms with van der Waals surface area (Å²) in [4.78, 5) is 27.0. The molecule has 5 heteroatoms. The molecule has 0 spiro atoms. The zero-order chi connectivity index (χ0) is 15.4. The van der Waals surface area contributed by atoms with E-state index in [9.17, 15) is 9.59 Å². The second kappa shape index (κ2) is 6.70. The van der Waals surface area contributed by atoms with E-state index in [0.717, 1.165) is 11.3 Å². The highest BCUT2D eigenvalue weighted by atomic mass is 16.3. The van der Waals surface area contributed by atoms with E-state index in [4.69, 9.17) is 5.11 Å². The van der Waals surface area contributed by atoms with Crippen molar-refractivity contribution in [1.82, 2.24) is 10.3 Å². The van der Waals surface area contributed by atoms with Crippen LogP contribution >= 0.6 is 0 Å². The smallest absolute Gasteiger partial charge is 0.268 e. The van der Waals surface area contributed by atoms with E-state index in [1.807, 2.05) is 20.8 Å². The number of carbonyl (C=O) groups excluding carboxylic acids is 2. The van der Waals surface area contributed by atoms with Gasteiger partial charge in [0, 0.05) is 23.9 Å². The number of carbonyl (C=O) groups is 2. The molecule has 0 aromatic carbocycles. The van der Waals surface area contributed by atoms with Gasteiger partial charge in [-0.25, -0.2) is 0 Å². The van der Waals surface area contributed by atoms with Crippen LogP contribution in [0.15, 0.2) is 0 Å². The number of aromatic nitrogens is 1. The predicted octanol–water partition coefficient (Wildman–Crippen LogP) is 1.83. The van der Waals surface area contributed by atoms with E-state index in [0.29, 0.717) is 17.7 Å². The number of H-pyrrole nitrogens is 1. The maximum atomic E-state index is 12.3. The van der Waals surface area contributed by atoms with Gasteiger partial charge in [0.05, 0.1) is 0 Å². The van der Waals surface area contributed by atoms with E-state index >= 15 is 0 Å². The van der Waals surface area contributed by atoms with Gasteiger partial charge in [-0.15, -0.1) is 0 Å². The summed E-state index contributed by atoms with van der Waals surface area (Å²) in [6.07, 6.45) is 0.617. The molecule has 0 fully saturated rings. The van der Waals surface area contributed by atoms with E-state index in [-0.39, 0.29) is 30.3 Å². The molecule has 2 atom stereocenters. The first-order chi connectivity index (χ1) is 9.33. The molecule has 1 aromatic rings. The van der Waals surface area contributed by atoms with Gasteiger partial charge in [-0.2, -0.15) is 0 Å². The molecule has 20 heavy (non-hydrogen) atoms. The Morgan fingerprint density at radius 2 is 1.95 bits per heavy atom. The number of aliphatic hydroxyl groups is 1. The molecule has 1 amide bonds. The van der Waals surface area contributed by atoms with Gasteiger partial charge in [0.25, 0.3) is 5.91 Å². The molecule has 3 N–H and O–H groups in total. The summed E-state index contributed by atoms with van der Waals surface area (Å²) in [6, 6.07) is -0.137. The minimum absolute atomic E-state index is 0.0184. The Balaban J connectivity index is 3.05. The normalized spacial score (nSPS) is 13.9. The fourth-order valence-electron chi connectivity index (χ4n) is 2.28. The third kappa shape index (κ3) is 3.28. The average Bonchev–Trinajstić information content (AvgIpc) is 2.74. The van der Waals surface area contributed by atoms with Crippen molar-refractivity contribution < 1.29 is 14.7 Å². The fourth-order valence-corrected chi connectivity index (χ4v) is 2.28. The Morgan fingerprint density at radius 1 is 1.35 bits per heavy atom. The summed E-state index contributed by atoms with van der Waals surface area (Å²) in [5, 5.41) is 12.0. The van der Waals surface area contributed by atoms with Gasteiger partial charge in [-0.3, -0.25) is 9.59 Å². The van der Waals surface area contributed by atoms with Crippen LogP contribution in [0.4, 0.5) is 0 Å². The molecule has 2 unspecified atom stereocenters. The van der Waals surface area contributed by atoms with Crippen LogP contribution in [0.1, 0.15) is 59.8 Å². The van der Waals surface area contributed by atoms with Gasteiger partial charge in [0.15, 0.2) is 5.78 Å². The number of rotatable bonds is 6. The van der Waals surface area contributed by atoms with Gasteiger partial charge >= 0.3 is 0 Å². The predicted molar refractivity (Wildman–Crippen MR) is 78.1 cm³/mol. The summed E-state index contributed by atoms with van der Waals surface area (Å²) < 4.78 is 0. The zero-order valence-corrected chi connectivity index (χ0v) is 12.8. The van der Waals surface area contributed by atoms with E-state index in [2.05, 4.69) is 10.3 Å². The minimum Gasteiger partial charge on any atom is -0.396 e. The molecule has 0 radical (unpaired) electrons. The Hall–Kier alpha value is -1.62. The van der Waals surface area contributed by atoms with Crippen molar-refractivity contribution >= 4 is 11.7 Å². The zero-order valence-electron chi connectivity index (χ0n) is 12.8. The number of aryl methyl sites for hydroxylation is 1. The van der Waals surface area contributed by atoms with Gasteiger partial charge in [-0.1, -0.05) is 13.8 Å². The van der Waals surface area contributed by atoms with Crippen molar-refractivity contribution in [2.45, 2.75) is 47.1 Å². The van der Waals surface area contributed by atoms with Crippen molar-refractivity contribution in [3.63, 3.8) is 0 Å². The molecule has 0 aliphatic rings. The van der Waals surface area contributed by atoms with Gasteiger partial charge < -0.3 is 15.4 Å². The number of ketones is 1. The molecule has 0 saturated heterocycles. The largest absolute Gasteiger partial charge is 0.396 e. The standard InChI is InChI=1S/C15H24N2O3/c1-6-12-13(11(5)19)10(4)16-14(12)15(20)17-9(3)8(2)7-18/h8-9,16,18H,6-7H2,1-5H3,(H,17,20). The van der Waals surface area contributed by atoms with E-state index in [1.54, 1.807) is 6.92 Å². The Morgan fingerprint density at radius 3 is 2.40 bits per heavy atom. The Labute approximate surface area is 119 Å². The summed E-state index contributed by atoms with van der Waals surface area (Å²) in [5.74, 6) is -0.288. The van der Waals surface area contributed by atoms with Crippen LogP contribution in [-0.4, -0.2) is 34.4 Å². The summed E-state index contributed by atoms with van der Waals surface area (Å²) in [7, 11) is 0. The lowest BCUT2D eigenvalue weighted by molar-refractivity contribution is 0.0910. The van der Waals surface area contributed by atoms with Gasteiger partial charge in [-0.05, 0) is 38.7 Å². The van der Waals surface area contributed by atoms with Crippen LogP contribution in [0.25, 0.3) is 0 Å². The first-order valence-corrected chi connectivity index (χ1v) is 6.97. The number of hydrogen-bond acceptors (Lipinski definition) is 3. The Kier molecular flexibility index (Phi) is 5.51. The topological polar surface area (TPSA) is 82.2 Å². The van der Waals surface area contributed by atoms with Crippen molar-refractivity contribution in [2.24, 2.45) is 5.92 Å². The van der Waals surface area contributed by atoms with E-state index in [1.165, 1.54) is 6.92 Å². The van der Waals surface area contributed by atoms with Crippen molar-refractivity contribution in [2.75, 3.05) is 6.61 Å². The number of aliphatic hydroxyl groups excluding tert-OH is 1. The maximum Gasteiger partial charge on any atom is 0.268 e. The summed E-state index contributed by atoms with van der Waals surface area (Å²) >= 11 is 0. The quantitative estimate of drug-likeness (QED) is 0.695. The lowest BCUT2D eigenvalue weighted by Crippen LogP contribution is -2.38. The molecule has 5 nitrogen and oxygen atoms in total. The molecule has 1 rings (SSSR count). The Bertz CT molecular complexity index is 505. The number of aromatic amines is 1. The summed E-state index contributed by atoms with van der Waals surface area (Å²) in [5.41, 5.74) is 2.55. The number of Topliss-reactive ketones (excluding diaryl/α,β-unsaturated/α-hetero) is 1. The molecule has 0 saturated carbocycles. The maximum absolute atomic E-state index is 12.3. The van der Waals surface area contributed by atoms with Crippen LogP contribution in [0, 0.1) is 12.8 Å². The van der Waals surface area contributed by atoms with Gasteiger partial charge in [0.2, 0.25) is 0 Å². The highest BCUT2D eigenvalue weighted by molar-refractivity contribution is 6.02. The monoisotopic (exact) mass is 280 g/mol. The lowest BCUT2D eigenvalue weighted by atomic mass is 10.0. The fraction of sp³-hybridized carbons (Fsp3) is 0.600. The SMILES string of the molecule is CCc1c(C(=O)NC(C)C(C)CO)[nH]c(C)c1C(C)=O. The molecule has 1 aromatic heterocycles. The first kappa shape index (κ1) is 16.4. The average molecular weight is 280 g/mol. The minimum atomic E-state index is -0.231. The molecule has 0 aliphatic heterocycles. The second-order valence-electron chi connectivity index (χ2n) is 5.31. The van der Waals surface area contributed by atoms with Crippen LogP contribution in [0.5, 0.6) is 0 Å². The third-order valence-electron chi connectivity index (χ3n) is 3.72. The van der Waals surface area contributed by atoms with Crippen LogP contribution in [0.3, 0.4) is 0 Å². The van der Waals surface area contributed by atoms with Crippen molar-refractivity contribution in [3.8, 4) is 0 Å². The molecule has 112 valence electrons. The number of amides is 1. The second-order valence-corrected chi connectivity index (χ2v) is 5.31. The summed E-state index contributed by atoms with van der Waals surface area (Å²) in [6.45, 7) is 8.97. The highest BCUT2D eigenvalue weighted by Gasteiger charge is 2.23. The van der Waals surface area contributed by atoms with E-state index < -0.39 is 0 Å². The highest BCUT2D eigenvalue weighted by Crippen LogP contribution is 2.20. The van der Waals surface area contributed by atoms with Crippen LogP contribution < -0.4 is 5.32 Å². The number of hydrogen-bond donors (Lipinski definition) is 3. The molecule has 0 aliphatic carbocycles. The molecular weight excluding hydrogens is 256 g/mol. The van der Waals surface area contributed by atoms with Crippen molar-refractivity contribution in [1.29, 1.82) is 0 Å². The molecule has 1 heterocycles. The first-order valence-electron chi connectivity index (χ1n) is 6.97. The van der Waals surface area contributed by atoms with Crippen molar-refractivity contribution in [3.05, 3.63) is 22.5 Å². The lowest BCUT2D eigenvalue weighted by Gasteiger charge is -2.19. The third-order valence-corrected chi connectivity index (χ3v) is 3.72.